The molecule has 0 spiro atoms. The molecule has 1 atom stereocenters. The smallest absolute Gasteiger partial charge is 0.338 e. The molecule has 0 aromatic carbocycles. The molecule has 1 aliphatic heterocycles. The van der Waals surface area contributed by atoms with Crippen LogP contribution in [0.3, 0.4) is 0 Å². The van der Waals surface area contributed by atoms with Crippen LogP contribution in [-0.2, 0) is 9.53 Å². The van der Waals surface area contributed by atoms with E-state index in [1.54, 1.807) is 0 Å². The van der Waals surface area contributed by atoms with Gasteiger partial charge in [-0.3, -0.25) is 4.90 Å². The molecule has 0 bridgehead atoms. The predicted octanol–water partition coefficient (Wildman–Crippen LogP) is 0.232. The number of ether oxygens (including phenoxy) is 1. The average molecular weight is 258 g/mol. The fourth-order valence-corrected chi connectivity index (χ4v) is 2.50. The number of aliphatic hydroxyl groups is 1. The maximum Gasteiger partial charge on any atom is 0.338 e. The van der Waals surface area contributed by atoms with E-state index in [1.807, 2.05) is 7.05 Å². The number of hydrogen-bond donors (Lipinski definition) is 2. The van der Waals surface area contributed by atoms with Gasteiger partial charge in [0, 0.05) is 6.54 Å². The second-order valence-corrected chi connectivity index (χ2v) is 5.38. The van der Waals surface area contributed by atoms with Crippen LogP contribution in [0.4, 0.5) is 0 Å². The summed E-state index contributed by atoms with van der Waals surface area (Å²) in [5.41, 5.74) is -1.40. The maximum atomic E-state index is 11.4. The monoisotopic (exact) mass is 258 g/mol. The van der Waals surface area contributed by atoms with E-state index in [0.717, 1.165) is 38.4 Å². The van der Waals surface area contributed by atoms with Crippen molar-refractivity contribution in [1.29, 1.82) is 0 Å². The molecule has 1 aliphatic rings. The topological polar surface area (TPSA) is 61.8 Å². The number of likely N-dealkylation sites (tertiary alicyclic amines) is 1. The predicted molar refractivity (Wildman–Crippen MR) is 70.3 cm³/mol. The van der Waals surface area contributed by atoms with Crippen molar-refractivity contribution in [3.63, 3.8) is 0 Å². The summed E-state index contributed by atoms with van der Waals surface area (Å²) < 4.78 is 4.61. The molecule has 1 unspecified atom stereocenters. The van der Waals surface area contributed by atoms with Crippen LogP contribution in [0.2, 0.25) is 0 Å². The molecule has 0 aromatic rings. The van der Waals surface area contributed by atoms with Gasteiger partial charge in [0.25, 0.3) is 0 Å². The van der Waals surface area contributed by atoms with Crippen molar-refractivity contribution in [2.24, 2.45) is 5.92 Å². The first-order chi connectivity index (χ1) is 8.49. The summed E-state index contributed by atoms with van der Waals surface area (Å²) in [6, 6.07) is 0. The van der Waals surface area contributed by atoms with Gasteiger partial charge in [0.15, 0.2) is 5.60 Å². The zero-order valence-electron chi connectivity index (χ0n) is 11.7. The molecule has 0 aromatic heterocycles. The minimum atomic E-state index is -1.40. The first-order valence-electron chi connectivity index (χ1n) is 6.67. The summed E-state index contributed by atoms with van der Waals surface area (Å²) in [5, 5.41) is 13.2. The lowest BCUT2D eigenvalue weighted by atomic mass is 9.92. The number of hydrogen-bond acceptors (Lipinski definition) is 5. The number of rotatable bonds is 6. The summed E-state index contributed by atoms with van der Waals surface area (Å²) in [5.74, 6) is 0.205. The third kappa shape index (κ3) is 4.55. The second-order valence-electron chi connectivity index (χ2n) is 5.38. The van der Waals surface area contributed by atoms with E-state index in [9.17, 15) is 9.90 Å². The fraction of sp³-hybridized carbons (Fsp3) is 0.923. The van der Waals surface area contributed by atoms with E-state index in [1.165, 1.54) is 20.5 Å². The van der Waals surface area contributed by atoms with Gasteiger partial charge in [0.2, 0.25) is 0 Å². The summed E-state index contributed by atoms with van der Waals surface area (Å²) in [6.45, 7) is 4.83. The van der Waals surface area contributed by atoms with Gasteiger partial charge in [-0.2, -0.15) is 0 Å². The number of piperidine rings is 1. The third-order valence-corrected chi connectivity index (χ3v) is 3.67. The molecule has 18 heavy (non-hydrogen) atoms. The fourth-order valence-electron chi connectivity index (χ4n) is 2.50. The highest BCUT2D eigenvalue weighted by atomic mass is 16.5. The lowest BCUT2D eigenvalue weighted by Crippen LogP contribution is -2.49. The Morgan fingerprint density at radius 1 is 1.50 bits per heavy atom. The standard InChI is InChI=1S/C13H26N2O3/c1-13(17,12(16)18-3)10-15-8-5-11(6-9-15)4-7-14-2/h11,14,17H,4-10H2,1-3H3. The Morgan fingerprint density at radius 2 is 2.11 bits per heavy atom. The zero-order chi connectivity index (χ0) is 13.6. The van der Waals surface area contributed by atoms with Gasteiger partial charge in [0.1, 0.15) is 0 Å². The van der Waals surface area contributed by atoms with Crippen LogP contribution >= 0.6 is 0 Å². The van der Waals surface area contributed by atoms with Crippen molar-refractivity contribution in [2.75, 3.05) is 40.3 Å². The molecule has 0 radical (unpaired) electrons. The Bertz CT molecular complexity index is 261. The van der Waals surface area contributed by atoms with Gasteiger partial charge in [-0.15, -0.1) is 0 Å². The highest BCUT2D eigenvalue weighted by Gasteiger charge is 2.34. The lowest BCUT2D eigenvalue weighted by Gasteiger charge is -2.35. The van der Waals surface area contributed by atoms with Crippen molar-refractivity contribution in [3.05, 3.63) is 0 Å². The van der Waals surface area contributed by atoms with Crippen LogP contribution in [0.25, 0.3) is 0 Å². The summed E-state index contributed by atoms with van der Waals surface area (Å²) >= 11 is 0. The Kier molecular flexibility index (Phi) is 6.05. The molecular weight excluding hydrogens is 232 g/mol. The molecule has 0 saturated carbocycles. The van der Waals surface area contributed by atoms with E-state index < -0.39 is 11.6 Å². The van der Waals surface area contributed by atoms with E-state index in [2.05, 4.69) is 15.0 Å². The molecule has 1 heterocycles. The quantitative estimate of drug-likeness (QED) is 0.668. The second kappa shape index (κ2) is 7.07. The number of carbonyl (C=O) groups excluding carboxylic acids is 1. The van der Waals surface area contributed by atoms with Gasteiger partial charge in [-0.05, 0) is 58.8 Å². The number of methoxy groups -OCH3 is 1. The molecule has 106 valence electrons. The van der Waals surface area contributed by atoms with Crippen molar-refractivity contribution in [3.8, 4) is 0 Å². The third-order valence-electron chi connectivity index (χ3n) is 3.67. The van der Waals surface area contributed by atoms with Gasteiger partial charge >= 0.3 is 5.97 Å². The molecule has 1 fully saturated rings. The average Bonchev–Trinajstić information content (AvgIpc) is 2.36. The van der Waals surface area contributed by atoms with Crippen molar-refractivity contribution >= 4 is 5.97 Å². The van der Waals surface area contributed by atoms with E-state index in [4.69, 9.17) is 0 Å². The number of esters is 1. The van der Waals surface area contributed by atoms with Crippen molar-refractivity contribution < 1.29 is 14.6 Å². The minimum Gasteiger partial charge on any atom is -0.467 e. The van der Waals surface area contributed by atoms with Crippen LogP contribution in [0, 0.1) is 5.92 Å². The van der Waals surface area contributed by atoms with Gasteiger partial charge in [0.05, 0.1) is 7.11 Å². The normalized spacial score (nSPS) is 21.6. The Morgan fingerprint density at radius 3 is 2.61 bits per heavy atom. The zero-order valence-corrected chi connectivity index (χ0v) is 11.7. The lowest BCUT2D eigenvalue weighted by molar-refractivity contribution is -0.162. The Labute approximate surface area is 109 Å². The largest absolute Gasteiger partial charge is 0.467 e. The van der Waals surface area contributed by atoms with E-state index >= 15 is 0 Å². The summed E-state index contributed by atoms with van der Waals surface area (Å²) in [4.78, 5) is 13.6. The van der Waals surface area contributed by atoms with Gasteiger partial charge in [-0.1, -0.05) is 0 Å². The molecule has 2 N–H and O–H groups in total. The Balaban J connectivity index is 2.33. The van der Waals surface area contributed by atoms with Gasteiger partial charge < -0.3 is 15.2 Å². The highest BCUT2D eigenvalue weighted by molar-refractivity contribution is 5.78. The molecule has 5 heteroatoms. The number of carbonyl (C=O) groups is 1. The van der Waals surface area contributed by atoms with Crippen LogP contribution in [0.15, 0.2) is 0 Å². The number of β-amino-alcohol motifs (C(OH)–C–C–N with tert-alkyl or cyclic N) is 1. The van der Waals surface area contributed by atoms with Crippen LogP contribution in [0.1, 0.15) is 26.2 Å². The SMILES string of the molecule is CNCCC1CCN(CC(C)(O)C(=O)OC)CC1. The van der Waals surface area contributed by atoms with Crippen LogP contribution in [0.5, 0.6) is 0 Å². The minimum absolute atomic E-state index is 0.360. The first kappa shape index (κ1) is 15.4. The Hall–Kier alpha value is -0.650. The molecular formula is C13H26N2O3. The number of nitrogens with zero attached hydrogens (tertiary/aromatic N) is 1. The molecule has 1 saturated heterocycles. The molecule has 0 aliphatic carbocycles. The van der Waals surface area contributed by atoms with Crippen LogP contribution < -0.4 is 5.32 Å². The highest BCUT2D eigenvalue weighted by Crippen LogP contribution is 2.21. The maximum absolute atomic E-state index is 11.4. The van der Waals surface area contributed by atoms with Crippen molar-refractivity contribution in [1.82, 2.24) is 10.2 Å². The van der Waals surface area contributed by atoms with Gasteiger partial charge in [-0.25, -0.2) is 4.79 Å². The molecule has 5 nitrogen and oxygen atoms in total. The first-order valence-corrected chi connectivity index (χ1v) is 6.67. The molecule has 1 rings (SSSR count). The summed E-state index contributed by atoms with van der Waals surface area (Å²) in [6.07, 6.45) is 3.48. The van der Waals surface area contributed by atoms with E-state index in [-0.39, 0.29) is 0 Å². The van der Waals surface area contributed by atoms with E-state index in [0.29, 0.717) is 6.54 Å². The molecule has 0 amide bonds. The van der Waals surface area contributed by atoms with Crippen LogP contribution in [-0.4, -0.2) is 61.9 Å². The summed E-state index contributed by atoms with van der Waals surface area (Å²) in [7, 11) is 3.28. The van der Waals surface area contributed by atoms with Crippen molar-refractivity contribution in [2.45, 2.75) is 31.8 Å². The number of nitrogens with one attached hydrogen (secondary N) is 1.